The highest BCUT2D eigenvalue weighted by molar-refractivity contribution is 5.89. The predicted molar refractivity (Wildman–Crippen MR) is 92.8 cm³/mol. The summed E-state index contributed by atoms with van der Waals surface area (Å²) in [5, 5.41) is 20.3. The van der Waals surface area contributed by atoms with Gasteiger partial charge in [-0.25, -0.2) is 4.79 Å². The minimum Gasteiger partial charge on any atom is -0.491 e. The molecule has 0 aliphatic heterocycles. The van der Waals surface area contributed by atoms with Crippen molar-refractivity contribution in [2.75, 3.05) is 33.5 Å². The minimum atomic E-state index is -0.567. The number of methoxy groups -OCH3 is 1. The molecule has 0 atom stereocenters. The largest absolute Gasteiger partial charge is 0.491 e. The Morgan fingerprint density at radius 1 is 1.26 bits per heavy atom. The van der Waals surface area contributed by atoms with E-state index in [9.17, 15) is 20.1 Å². The average molecular weight is 377 g/mol. The Morgan fingerprint density at radius 2 is 2.07 bits per heavy atom. The second-order valence-electron chi connectivity index (χ2n) is 5.21. The molecule has 0 saturated heterocycles. The molecule has 0 saturated carbocycles. The monoisotopic (exact) mass is 377 g/mol. The summed E-state index contributed by atoms with van der Waals surface area (Å²) in [7, 11) is 1.31. The first kappa shape index (κ1) is 19.9. The number of aromatic nitrogens is 1. The lowest BCUT2D eigenvalue weighted by Crippen LogP contribution is -2.20. The summed E-state index contributed by atoms with van der Waals surface area (Å²) < 4.78 is 16.2. The van der Waals surface area contributed by atoms with Gasteiger partial charge in [0.25, 0.3) is 5.69 Å². The lowest BCUT2D eigenvalue weighted by atomic mass is 10.2. The van der Waals surface area contributed by atoms with Gasteiger partial charge in [0.2, 0.25) is 0 Å². The normalized spacial score (nSPS) is 11.2. The van der Waals surface area contributed by atoms with Crippen LogP contribution in [-0.4, -0.2) is 54.3 Å². The summed E-state index contributed by atoms with van der Waals surface area (Å²) in [6, 6.07) is 8.93. The molecule has 0 radical (unpaired) electrons. The van der Waals surface area contributed by atoms with Crippen molar-refractivity contribution in [3.05, 3.63) is 63.8 Å². The van der Waals surface area contributed by atoms with Crippen molar-refractivity contribution in [1.29, 1.82) is 0 Å². The molecular weight excluding hydrogens is 358 g/mol. The van der Waals surface area contributed by atoms with Gasteiger partial charge >= 0.3 is 5.97 Å². The third kappa shape index (κ3) is 6.12. The van der Waals surface area contributed by atoms with Gasteiger partial charge < -0.3 is 19.4 Å². The summed E-state index contributed by atoms with van der Waals surface area (Å²) in [5.41, 5.74) is 0.287. The molecule has 1 aromatic carbocycles. The lowest BCUT2D eigenvalue weighted by Gasteiger charge is -2.07. The molecule has 144 valence electrons. The Morgan fingerprint density at radius 3 is 2.81 bits per heavy atom. The van der Waals surface area contributed by atoms with Crippen molar-refractivity contribution in [2.45, 2.75) is 0 Å². The maximum atomic E-state index is 11.4. The van der Waals surface area contributed by atoms with Crippen LogP contribution in [0.5, 0.6) is 5.75 Å². The van der Waals surface area contributed by atoms with Crippen molar-refractivity contribution in [1.82, 2.24) is 4.73 Å². The number of carbonyl (C=O) groups is 1. The molecule has 27 heavy (non-hydrogen) atoms. The fourth-order valence-corrected chi connectivity index (χ4v) is 2.08. The highest BCUT2D eigenvalue weighted by atomic mass is 16.6. The van der Waals surface area contributed by atoms with Crippen molar-refractivity contribution in [3.8, 4) is 5.75 Å². The van der Waals surface area contributed by atoms with Crippen LogP contribution in [-0.2, 0) is 9.47 Å². The van der Waals surface area contributed by atoms with Crippen molar-refractivity contribution in [2.24, 2.45) is 4.99 Å². The van der Waals surface area contributed by atoms with Gasteiger partial charge in [0.15, 0.2) is 5.49 Å². The van der Waals surface area contributed by atoms with E-state index in [1.807, 2.05) is 0 Å². The first-order valence-corrected chi connectivity index (χ1v) is 7.97. The summed E-state index contributed by atoms with van der Waals surface area (Å²) in [6.07, 6.45) is 1.15. The zero-order valence-electron chi connectivity index (χ0n) is 14.6. The smallest absolute Gasteiger partial charge is 0.337 e. The molecule has 10 nitrogen and oxygen atoms in total. The van der Waals surface area contributed by atoms with Crippen LogP contribution in [0.1, 0.15) is 10.4 Å². The Kier molecular flexibility index (Phi) is 7.32. The first-order valence-electron chi connectivity index (χ1n) is 7.97. The van der Waals surface area contributed by atoms with Crippen molar-refractivity contribution in [3.63, 3.8) is 0 Å². The second kappa shape index (κ2) is 9.92. The molecule has 0 spiro atoms. The van der Waals surface area contributed by atoms with Gasteiger partial charge in [0.05, 0.1) is 49.6 Å². The second-order valence-corrected chi connectivity index (χ2v) is 5.21. The molecule has 1 heterocycles. The number of benzene rings is 1. The van der Waals surface area contributed by atoms with Gasteiger partial charge in [-0.3, -0.25) is 15.1 Å². The minimum absolute atomic E-state index is 0.0590. The first-order chi connectivity index (χ1) is 13.0. The molecule has 2 rings (SSSR count). The molecule has 0 amide bonds. The number of nitrogens with zero attached hydrogens (tertiary/aromatic N) is 3. The van der Waals surface area contributed by atoms with Crippen LogP contribution in [0, 0.1) is 10.1 Å². The summed E-state index contributed by atoms with van der Waals surface area (Å²) in [6.45, 7) is 1.00. The average Bonchev–Trinajstić information content (AvgIpc) is 2.67. The molecule has 2 aromatic rings. The quantitative estimate of drug-likeness (QED) is 0.230. The molecule has 0 aliphatic carbocycles. The van der Waals surface area contributed by atoms with E-state index in [-0.39, 0.29) is 37.5 Å². The number of hydrogen-bond donors (Lipinski definition) is 1. The zero-order valence-corrected chi connectivity index (χ0v) is 14.6. The van der Waals surface area contributed by atoms with E-state index in [4.69, 9.17) is 9.47 Å². The van der Waals surface area contributed by atoms with E-state index in [0.717, 1.165) is 12.3 Å². The van der Waals surface area contributed by atoms with E-state index < -0.39 is 10.9 Å². The zero-order chi connectivity index (χ0) is 19.6. The third-order valence-electron chi connectivity index (χ3n) is 3.37. The van der Waals surface area contributed by atoms with Crippen molar-refractivity contribution >= 4 is 11.7 Å². The number of rotatable bonds is 9. The molecular formula is C17H19N3O7. The van der Waals surface area contributed by atoms with Gasteiger partial charge in [0, 0.05) is 6.07 Å². The molecule has 0 unspecified atom stereocenters. The van der Waals surface area contributed by atoms with Crippen LogP contribution < -0.4 is 10.2 Å². The fraction of sp³-hybridized carbons (Fsp3) is 0.294. The fourth-order valence-electron chi connectivity index (χ4n) is 2.08. The van der Waals surface area contributed by atoms with Gasteiger partial charge in [-0.1, -0.05) is 6.07 Å². The molecule has 0 aliphatic rings. The molecule has 0 bridgehead atoms. The Balaban J connectivity index is 1.75. The number of nitro groups is 1. The molecule has 1 aromatic heterocycles. The van der Waals surface area contributed by atoms with Crippen LogP contribution in [0.15, 0.2) is 47.6 Å². The van der Waals surface area contributed by atoms with Crippen molar-refractivity contribution < 1.29 is 29.1 Å². The van der Waals surface area contributed by atoms with Gasteiger partial charge in [-0.05, 0) is 18.2 Å². The number of ether oxygens (including phenoxy) is 3. The number of esters is 1. The summed E-state index contributed by atoms with van der Waals surface area (Å²) in [5.74, 6) is 0.0738. The lowest BCUT2D eigenvalue weighted by molar-refractivity contribution is -0.385. The Hall–Kier alpha value is -3.40. The van der Waals surface area contributed by atoms with Crippen LogP contribution in [0.2, 0.25) is 0 Å². The molecule has 10 heteroatoms. The van der Waals surface area contributed by atoms with E-state index in [1.54, 1.807) is 24.3 Å². The highest BCUT2D eigenvalue weighted by Gasteiger charge is 2.06. The van der Waals surface area contributed by atoms with E-state index in [0.29, 0.717) is 16.0 Å². The van der Waals surface area contributed by atoms with Gasteiger partial charge in [-0.15, -0.1) is 0 Å². The number of carbonyl (C=O) groups excluding carboxylic acids is 1. The maximum absolute atomic E-state index is 11.4. The molecule has 0 fully saturated rings. The maximum Gasteiger partial charge on any atom is 0.337 e. The number of hydrogen-bond acceptors (Lipinski definition) is 8. The Labute approximate surface area is 154 Å². The number of pyridine rings is 1. The topological polar surface area (TPSA) is 125 Å². The third-order valence-corrected chi connectivity index (χ3v) is 3.37. The van der Waals surface area contributed by atoms with Crippen LogP contribution in [0.3, 0.4) is 0 Å². The SMILES string of the molecule is COC(=O)c1cccc(OCCOCCN=c2cc([N+](=O)[O-])ccn2O)c1. The van der Waals surface area contributed by atoms with Gasteiger partial charge in [0.1, 0.15) is 12.4 Å². The van der Waals surface area contributed by atoms with E-state index in [1.165, 1.54) is 13.2 Å². The highest BCUT2D eigenvalue weighted by Crippen LogP contribution is 2.13. The van der Waals surface area contributed by atoms with E-state index in [2.05, 4.69) is 9.73 Å². The summed E-state index contributed by atoms with van der Waals surface area (Å²) >= 11 is 0. The van der Waals surface area contributed by atoms with E-state index >= 15 is 0 Å². The molecule has 1 N–H and O–H groups in total. The predicted octanol–water partition coefficient (Wildman–Crippen LogP) is 1.42. The summed E-state index contributed by atoms with van der Waals surface area (Å²) in [4.78, 5) is 25.6. The standard InChI is InChI=1S/C17H19N3O7/c1-25-17(21)13-3-2-4-15(11-13)27-10-9-26-8-6-18-16-12-14(20(23)24)5-7-19(16)22/h2-5,7,11-12,22H,6,8-10H2,1H3. The van der Waals surface area contributed by atoms with Crippen LogP contribution in [0.25, 0.3) is 0 Å². The van der Waals surface area contributed by atoms with Crippen LogP contribution >= 0.6 is 0 Å². The Bertz CT molecular complexity index is 864. The van der Waals surface area contributed by atoms with Crippen LogP contribution in [0.4, 0.5) is 5.69 Å². The van der Waals surface area contributed by atoms with Gasteiger partial charge in [-0.2, -0.15) is 4.73 Å².